The molecule has 0 saturated heterocycles. The first kappa shape index (κ1) is 18.4. The number of nitrogens with zero attached hydrogens (tertiary/aromatic N) is 3. The lowest BCUT2D eigenvalue weighted by atomic mass is 10.1. The number of carbonyl (C=O) groups excluding carboxylic acids is 1. The minimum atomic E-state index is -0.209. The van der Waals surface area contributed by atoms with Crippen molar-refractivity contribution < 1.29 is 14.1 Å². The third-order valence-electron chi connectivity index (χ3n) is 3.92. The van der Waals surface area contributed by atoms with Gasteiger partial charge in [-0.3, -0.25) is 9.59 Å². The topological polar surface area (TPSA) is 99.2 Å². The predicted octanol–water partition coefficient (Wildman–Crippen LogP) is 2.63. The predicted molar refractivity (Wildman–Crippen MR) is 99.6 cm³/mol. The highest BCUT2D eigenvalue weighted by molar-refractivity contribution is 5.89. The van der Waals surface area contributed by atoms with Crippen LogP contribution in [0.15, 0.2) is 51.8 Å². The van der Waals surface area contributed by atoms with Crippen molar-refractivity contribution in [1.82, 2.24) is 14.9 Å². The molecule has 0 unspecified atom stereocenters. The highest BCUT2D eigenvalue weighted by Crippen LogP contribution is 2.19. The second-order valence-corrected chi connectivity index (χ2v) is 5.98. The van der Waals surface area contributed by atoms with Gasteiger partial charge in [0, 0.05) is 30.7 Å². The molecule has 3 rings (SSSR count). The molecule has 0 bridgehead atoms. The van der Waals surface area contributed by atoms with Crippen molar-refractivity contribution in [1.29, 1.82) is 0 Å². The number of hydrogen-bond acceptors (Lipinski definition) is 6. The molecule has 1 aromatic carbocycles. The lowest BCUT2D eigenvalue weighted by Crippen LogP contribution is -2.23. The molecule has 0 aliphatic rings. The Morgan fingerprint density at radius 2 is 2.00 bits per heavy atom. The van der Waals surface area contributed by atoms with E-state index in [1.807, 2.05) is 24.3 Å². The van der Waals surface area contributed by atoms with Gasteiger partial charge in [0.25, 0.3) is 5.56 Å². The summed E-state index contributed by atoms with van der Waals surface area (Å²) in [6.45, 7) is 2.09. The number of hydrogen-bond donors (Lipinski definition) is 1. The number of amides is 1. The molecule has 1 amide bonds. The quantitative estimate of drug-likeness (QED) is 0.688. The number of nitrogens with one attached hydrogen (secondary N) is 1. The Bertz CT molecular complexity index is 976. The highest BCUT2D eigenvalue weighted by atomic mass is 16.5. The van der Waals surface area contributed by atoms with E-state index in [0.29, 0.717) is 30.2 Å². The average Bonchev–Trinajstić information content (AvgIpc) is 3.08. The molecule has 0 atom stereocenters. The maximum atomic E-state index is 12.0. The molecule has 3 aromatic rings. The molecule has 140 valence electrons. The van der Waals surface area contributed by atoms with Gasteiger partial charge in [0.2, 0.25) is 5.91 Å². The van der Waals surface area contributed by atoms with E-state index in [1.54, 1.807) is 26.2 Å². The zero-order valence-corrected chi connectivity index (χ0v) is 15.1. The normalized spacial score (nSPS) is 10.6. The van der Waals surface area contributed by atoms with Crippen molar-refractivity contribution in [3.8, 4) is 17.0 Å². The minimum Gasteiger partial charge on any atom is -0.497 e. The summed E-state index contributed by atoms with van der Waals surface area (Å²) in [5.41, 5.74) is 1.35. The van der Waals surface area contributed by atoms with E-state index in [0.717, 1.165) is 11.3 Å². The van der Waals surface area contributed by atoms with Crippen LogP contribution in [0.4, 0.5) is 5.82 Å². The molecule has 2 heterocycles. The van der Waals surface area contributed by atoms with E-state index in [-0.39, 0.29) is 17.9 Å². The molecule has 0 fully saturated rings. The number of aromatic nitrogens is 3. The lowest BCUT2D eigenvalue weighted by molar-refractivity contribution is -0.116. The zero-order valence-electron chi connectivity index (χ0n) is 15.1. The van der Waals surface area contributed by atoms with Crippen LogP contribution in [0.1, 0.15) is 18.6 Å². The molecule has 27 heavy (non-hydrogen) atoms. The van der Waals surface area contributed by atoms with E-state index >= 15 is 0 Å². The summed E-state index contributed by atoms with van der Waals surface area (Å²) in [5, 5.41) is 10.7. The fraction of sp³-hybridized carbons (Fsp3) is 0.263. The monoisotopic (exact) mass is 368 g/mol. The summed E-state index contributed by atoms with van der Waals surface area (Å²) in [5.74, 6) is 1.56. The number of ether oxygens (including phenoxy) is 1. The largest absolute Gasteiger partial charge is 0.497 e. The van der Waals surface area contributed by atoms with Gasteiger partial charge in [0.05, 0.1) is 12.8 Å². The molecule has 0 spiro atoms. The summed E-state index contributed by atoms with van der Waals surface area (Å²) in [7, 11) is 1.60. The Hall–Kier alpha value is -3.42. The maximum Gasteiger partial charge on any atom is 0.266 e. The zero-order chi connectivity index (χ0) is 19.2. The fourth-order valence-corrected chi connectivity index (χ4v) is 2.54. The second kappa shape index (κ2) is 8.31. The Morgan fingerprint density at radius 1 is 1.22 bits per heavy atom. The van der Waals surface area contributed by atoms with Crippen LogP contribution in [0.25, 0.3) is 11.3 Å². The van der Waals surface area contributed by atoms with E-state index in [9.17, 15) is 9.59 Å². The van der Waals surface area contributed by atoms with Gasteiger partial charge in [-0.1, -0.05) is 5.16 Å². The van der Waals surface area contributed by atoms with Crippen molar-refractivity contribution in [2.45, 2.75) is 26.3 Å². The van der Waals surface area contributed by atoms with Gasteiger partial charge >= 0.3 is 0 Å². The van der Waals surface area contributed by atoms with E-state index < -0.39 is 0 Å². The van der Waals surface area contributed by atoms with Crippen LogP contribution in [0.2, 0.25) is 0 Å². The Labute approximate surface area is 155 Å². The van der Waals surface area contributed by atoms with E-state index in [4.69, 9.17) is 9.26 Å². The Balaban J connectivity index is 1.61. The summed E-state index contributed by atoms with van der Waals surface area (Å²) in [4.78, 5) is 24.0. The average molecular weight is 368 g/mol. The molecule has 0 aliphatic carbocycles. The second-order valence-electron chi connectivity index (χ2n) is 5.98. The van der Waals surface area contributed by atoms with Gasteiger partial charge in [-0.25, -0.2) is 4.68 Å². The standard InChI is InChI=1S/C19H20N4O4/c1-13-12-17(22-27-13)20-18(24)4-3-11-23-19(25)10-9-16(21-23)14-5-7-15(26-2)8-6-14/h5-10,12H,3-4,11H2,1-2H3,(H,20,22,24). The molecular formula is C19H20N4O4. The number of benzene rings is 1. The number of methoxy groups -OCH3 is 1. The summed E-state index contributed by atoms with van der Waals surface area (Å²) < 4.78 is 11.4. The highest BCUT2D eigenvalue weighted by Gasteiger charge is 2.08. The van der Waals surface area contributed by atoms with Crippen LogP contribution in [-0.4, -0.2) is 28.0 Å². The first-order valence-electron chi connectivity index (χ1n) is 8.51. The van der Waals surface area contributed by atoms with Gasteiger partial charge in [0.1, 0.15) is 11.5 Å². The molecule has 8 heteroatoms. The van der Waals surface area contributed by atoms with Gasteiger partial charge in [0.15, 0.2) is 5.82 Å². The van der Waals surface area contributed by atoms with Gasteiger partial charge in [-0.05, 0) is 43.7 Å². The van der Waals surface area contributed by atoms with E-state index in [1.165, 1.54) is 10.7 Å². The number of anilines is 1. The van der Waals surface area contributed by atoms with Crippen LogP contribution < -0.4 is 15.6 Å². The Morgan fingerprint density at radius 3 is 2.67 bits per heavy atom. The molecule has 0 saturated carbocycles. The summed E-state index contributed by atoms with van der Waals surface area (Å²) in [6.07, 6.45) is 0.717. The minimum absolute atomic E-state index is 0.192. The van der Waals surface area contributed by atoms with Crippen molar-refractivity contribution in [3.05, 3.63) is 58.6 Å². The first-order chi connectivity index (χ1) is 13.0. The molecule has 8 nitrogen and oxygen atoms in total. The Kier molecular flexibility index (Phi) is 5.65. The molecule has 2 aromatic heterocycles. The molecule has 1 N–H and O–H groups in total. The van der Waals surface area contributed by atoms with Gasteiger partial charge in [-0.15, -0.1) is 0 Å². The summed E-state index contributed by atoms with van der Waals surface area (Å²) >= 11 is 0. The third kappa shape index (κ3) is 4.81. The molecular weight excluding hydrogens is 348 g/mol. The van der Waals surface area contributed by atoms with Crippen molar-refractivity contribution >= 4 is 11.7 Å². The van der Waals surface area contributed by atoms with Gasteiger partial charge in [-0.2, -0.15) is 5.10 Å². The smallest absolute Gasteiger partial charge is 0.266 e. The molecule has 0 radical (unpaired) electrons. The number of rotatable bonds is 7. The summed E-state index contributed by atoms with van der Waals surface area (Å²) in [6, 6.07) is 12.2. The van der Waals surface area contributed by atoms with Crippen molar-refractivity contribution in [2.75, 3.05) is 12.4 Å². The van der Waals surface area contributed by atoms with Crippen LogP contribution in [-0.2, 0) is 11.3 Å². The van der Waals surface area contributed by atoms with Crippen LogP contribution >= 0.6 is 0 Å². The van der Waals surface area contributed by atoms with Crippen molar-refractivity contribution in [2.24, 2.45) is 0 Å². The maximum absolute atomic E-state index is 12.0. The fourth-order valence-electron chi connectivity index (χ4n) is 2.54. The first-order valence-corrected chi connectivity index (χ1v) is 8.51. The molecule has 0 aliphatic heterocycles. The van der Waals surface area contributed by atoms with Gasteiger partial charge < -0.3 is 14.6 Å². The van der Waals surface area contributed by atoms with Crippen molar-refractivity contribution in [3.63, 3.8) is 0 Å². The third-order valence-corrected chi connectivity index (χ3v) is 3.92. The number of aryl methyl sites for hydroxylation is 2. The van der Waals surface area contributed by atoms with Crippen LogP contribution in [0, 0.1) is 6.92 Å². The van der Waals surface area contributed by atoms with E-state index in [2.05, 4.69) is 15.6 Å². The lowest BCUT2D eigenvalue weighted by Gasteiger charge is -2.08. The van der Waals surface area contributed by atoms with Crippen LogP contribution in [0.5, 0.6) is 5.75 Å². The number of carbonyl (C=O) groups is 1. The SMILES string of the molecule is COc1ccc(-c2ccc(=O)n(CCCC(=O)Nc3cc(C)on3)n2)cc1. The van der Waals surface area contributed by atoms with Crippen LogP contribution in [0.3, 0.4) is 0 Å².